The number of fused-ring (bicyclic) bond motifs is 1. The van der Waals surface area contributed by atoms with Gasteiger partial charge in [-0.1, -0.05) is 6.92 Å². The van der Waals surface area contributed by atoms with Crippen LogP contribution in [-0.2, 0) is 20.6 Å². The molecular formula is C18H21N9O. The van der Waals surface area contributed by atoms with Crippen molar-refractivity contribution in [2.24, 2.45) is 19.8 Å². The van der Waals surface area contributed by atoms with E-state index in [0.29, 0.717) is 17.3 Å². The Morgan fingerprint density at radius 2 is 1.93 bits per heavy atom. The lowest BCUT2D eigenvalue weighted by Crippen LogP contribution is -2.14. The van der Waals surface area contributed by atoms with E-state index in [9.17, 15) is 4.79 Å². The third kappa shape index (κ3) is 2.82. The third-order valence-electron chi connectivity index (χ3n) is 4.54. The van der Waals surface area contributed by atoms with E-state index in [4.69, 9.17) is 10.7 Å². The highest BCUT2D eigenvalue weighted by molar-refractivity contribution is 5.99. The molecule has 0 radical (unpaired) electrons. The number of hydrogen-bond acceptors (Lipinski definition) is 6. The molecule has 0 saturated heterocycles. The summed E-state index contributed by atoms with van der Waals surface area (Å²) in [5.41, 5.74) is 8.63. The van der Waals surface area contributed by atoms with E-state index in [0.717, 1.165) is 35.3 Å². The van der Waals surface area contributed by atoms with Crippen molar-refractivity contribution in [3.8, 4) is 23.0 Å². The van der Waals surface area contributed by atoms with Gasteiger partial charge in [0.15, 0.2) is 11.6 Å². The van der Waals surface area contributed by atoms with E-state index in [1.54, 1.807) is 35.7 Å². The van der Waals surface area contributed by atoms with Gasteiger partial charge in [-0.3, -0.25) is 14.2 Å². The Kier molecular flexibility index (Phi) is 4.17. The Bertz CT molecular complexity index is 1200. The Morgan fingerprint density at radius 1 is 1.14 bits per heavy atom. The van der Waals surface area contributed by atoms with Gasteiger partial charge < -0.3 is 5.73 Å². The average molecular weight is 379 g/mol. The summed E-state index contributed by atoms with van der Waals surface area (Å²) in [7, 11) is 3.59. The van der Waals surface area contributed by atoms with Crippen molar-refractivity contribution in [1.29, 1.82) is 0 Å². The molecule has 0 bridgehead atoms. The molecule has 10 heteroatoms. The molecule has 4 rings (SSSR count). The first kappa shape index (κ1) is 17.8. The molecule has 144 valence electrons. The first-order chi connectivity index (χ1) is 13.4. The SMILES string of the molecule is CCCn1nc(C)cc1-c1nc(-c2nc(C(N)=O)cc3c2cnn3C)n(C)n1. The Hall–Kier alpha value is -3.56. The lowest BCUT2D eigenvalue weighted by atomic mass is 10.2. The molecule has 0 aromatic carbocycles. The van der Waals surface area contributed by atoms with Crippen LogP contribution in [0.2, 0.25) is 0 Å². The van der Waals surface area contributed by atoms with Crippen LogP contribution in [0, 0.1) is 6.92 Å². The van der Waals surface area contributed by atoms with E-state index in [-0.39, 0.29) is 5.69 Å². The fourth-order valence-corrected chi connectivity index (χ4v) is 3.25. The quantitative estimate of drug-likeness (QED) is 0.560. The summed E-state index contributed by atoms with van der Waals surface area (Å²) in [5, 5.41) is 14.1. The second kappa shape index (κ2) is 6.55. The number of aryl methyl sites for hydroxylation is 4. The van der Waals surface area contributed by atoms with Gasteiger partial charge in [0, 0.05) is 26.0 Å². The number of amides is 1. The molecule has 0 fully saturated rings. The van der Waals surface area contributed by atoms with E-state index in [2.05, 4.69) is 27.2 Å². The summed E-state index contributed by atoms with van der Waals surface area (Å²) >= 11 is 0. The van der Waals surface area contributed by atoms with E-state index >= 15 is 0 Å². The summed E-state index contributed by atoms with van der Waals surface area (Å²) < 4.78 is 5.22. The number of pyridine rings is 1. The Labute approximate surface area is 161 Å². The van der Waals surface area contributed by atoms with E-state index < -0.39 is 5.91 Å². The summed E-state index contributed by atoms with van der Waals surface area (Å²) in [6, 6.07) is 3.59. The van der Waals surface area contributed by atoms with Gasteiger partial charge in [0.2, 0.25) is 0 Å². The summed E-state index contributed by atoms with van der Waals surface area (Å²) in [5.74, 6) is 0.469. The van der Waals surface area contributed by atoms with Crippen molar-refractivity contribution in [3.05, 3.63) is 29.7 Å². The lowest BCUT2D eigenvalue weighted by molar-refractivity contribution is 0.0996. The van der Waals surface area contributed by atoms with Crippen LogP contribution in [0.4, 0.5) is 0 Å². The number of carbonyl (C=O) groups is 1. The van der Waals surface area contributed by atoms with Crippen molar-refractivity contribution in [2.45, 2.75) is 26.8 Å². The number of nitrogens with two attached hydrogens (primary N) is 1. The van der Waals surface area contributed by atoms with Crippen LogP contribution >= 0.6 is 0 Å². The number of primary amides is 1. The van der Waals surface area contributed by atoms with Gasteiger partial charge in [0.1, 0.15) is 17.1 Å². The van der Waals surface area contributed by atoms with Crippen molar-refractivity contribution in [1.82, 2.24) is 39.3 Å². The normalized spacial score (nSPS) is 11.4. The number of carbonyl (C=O) groups excluding carboxylic acids is 1. The van der Waals surface area contributed by atoms with Crippen molar-refractivity contribution in [3.63, 3.8) is 0 Å². The zero-order valence-electron chi connectivity index (χ0n) is 16.2. The molecule has 0 aliphatic carbocycles. The van der Waals surface area contributed by atoms with Gasteiger partial charge in [0.25, 0.3) is 5.91 Å². The van der Waals surface area contributed by atoms with Crippen LogP contribution in [0.1, 0.15) is 29.5 Å². The van der Waals surface area contributed by atoms with E-state index in [1.165, 1.54) is 0 Å². The second-order valence-electron chi connectivity index (χ2n) is 6.70. The van der Waals surface area contributed by atoms with Gasteiger partial charge in [0.05, 0.1) is 17.4 Å². The number of rotatable bonds is 5. The molecular weight excluding hydrogens is 358 g/mol. The highest BCUT2D eigenvalue weighted by Crippen LogP contribution is 2.28. The Balaban J connectivity index is 1.91. The van der Waals surface area contributed by atoms with Crippen molar-refractivity contribution >= 4 is 16.8 Å². The first-order valence-electron chi connectivity index (χ1n) is 8.97. The maximum atomic E-state index is 11.8. The third-order valence-corrected chi connectivity index (χ3v) is 4.54. The van der Waals surface area contributed by atoms with Crippen LogP contribution in [0.3, 0.4) is 0 Å². The molecule has 4 heterocycles. The van der Waals surface area contributed by atoms with Crippen LogP contribution in [0.5, 0.6) is 0 Å². The zero-order valence-corrected chi connectivity index (χ0v) is 16.2. The minimum atomic E-state index is -0.608. The molecule has 0 saturated carbocycles. The molecule has 10 nitrogen and oxygen atoms in total. The molecule has 0 unspecified atom stereocenters. The summed E-state index contributed by atoms with van der Waals surface area (Å²) in [4.78, 5) is 20.9. The molecule has 1 amide bonds. The average Bonchev–Trinajstić information content (AvgIpc) is 3.32. The van der Waals surface area contributed by atoms with E-state index in [1.807, 2.05) is 17.7 Å². The van der Waals surface area contributed by atoms with Crippen LogP contribution in [0.25, 0.3) is 33.9 Å². The number of aromatic nitrogens is 8. The maximum Gasteiger partial charge on any atom is 0.267 e. The predicted molar refractivity (Wildman–Crippen MR) is 103 cm³/mol. The van der Waals surface area contributed by atoms with Gasteiger partial charge in [-0.2, -0.15) is 10.2 Å². The molecule has 0 aliphatic rings. The van der Waals surface area contributed by atoms with Gasteiger partial charge in [-0.25, -0.2) is 14.6 Å². The highest BCUT2D eigenvalue weighted by Gasteiger charge is 2.21. The van der Waals surface area contributed by atoms with Crippen LogP contribution < -0.4 is 5.73 Å². The summed E-state index contributed by atoms with van der Waals surface area (Å²) in [6.45, 7) is 4.81. The number of hydrogen-bond donors (Lipinski definition) is 1. The van der Waals surface area contributed by atoms with Gasteiger partial charge in [-0.15, -0.1) is 5.10 Å². The zero-order chi connectivity index (χ0) is 20.0. The monoisotopic (exact) mass is 379 g/mol. The Morgan fingerprint density at radius 3 is 2.64 bits per heavy atom. The second-order valence-corrected chi connectivity index (χ2v) is 6.70. The minimum absolute atomic E-state index is 0.155. The van der Waals surface area contributed by atoms with Crippen molar-refractivity contribution < 1.29 is 4.79 Å². The maximum absolute atomic E-state index is 11.8. The molecule has 2 N–H and O–H groups in total. The highest BCUT2D eigenvalue weighted by atomic mass is 16.1. The smallest absolute Gasteiger partial charge is 0.267 e. The minimum Gasteiger partial charge on any atom is -0.364 e. The molecule has 0 aliphatic heterocycles. The van der Waals surface area contributed by atoms with Crippen molar-refractivity contribution in [2.75, 3.05) is 0 Å². The largest absolute Gasteiger partial charge is 0.364 e. The van der Waals surface area contributed by atoms with Crippen LogP contribution in [-0.4, -0.2) is 45.2 Å². The predicted octanol–water partition coefficient (Wildman–Crippen LogP) is 1.44. The molecule has 0 atom stereocenters. The molecule has 0 spiro atoms. The fraction of sp³-hybridized carbons (Fsp3) is 0.333. The molecule has 28 heavy (non-hydrogen) atoms. The van der Waals surface area contributed by atoms with Crippen LogP contribution in [0.15, 0.2) is 18.3 Å². The topological polar surface area (TPSA) is 122 Å². The van der Waals surface area contributed by atoms with Gasteiger partial charge in [-0.05, 0) is 25.5 Å². The van der Waals surface area contributed by atoms with Gasteiger partial charge >= 0.3 is 0 Å². The molecule has 4 aromatic rings. The summed E-state index contributed by atoms with van der Waals surface area (Å²) in [6.07, 6.45) is 2.65. The first-order valence-corrected chi connectivity index (χ1v) is 8.97. The standard InChI is InChI=1S/C18H21N9O/c1-5-6-27-14(7-10(2)23-27)17-22-18(26(4)24-17)15-11-9-20-25(3)13(11)8-12(21-15)16(19)28/h7-9H,5-6H2,1-4H3,(H2,19,28). The lowest BCUT2D eigenvalue weighted by Gasteiger charge is -2.04. The fourth-order valence-electron chi connectivity index (χ4n) is 3.25. The number of nitrogens with zero attached hydrogens (tertiary/aromatic N) is 8. The molecule has 4 aromatic heterocycles.